The third kappa shape index (κ3) is 4.30. The number of anilines is 1. The second kappa shape index (κ2) is 8.76. The van der Waals surface area contributed by atoms with Gasteiger partial charge in [-0.15, -0.1) is 16.4 Å². The summed E-state index contributed by atoms with van der Waals surface area (Å²) in [5, 5.41) is 12.7. The molecule has 1 N–H and O–H groups in total. The fourth-order valence-electron chi connectivity index (χ4n) is 4.33. The second-order valence-corrected chi connectivity index (χ2v) is 11.3. The van der Waals surface area contributed by atoms with Gasteiger partial charge in [0.1, 0.15) is 6.04 Å². The second-order valence-electron chi connectivity index (χ2n) is 9.37. The summed E-state index contributed by atoms with van der Waals surface area (Å²) in [6.45, 7) is 8.63. The molecule has 6 nitrogen and oxygen atoms in total. The topological polar surface area (TPSA) is 76.9 Å². The zero-order valence-corrected chi connectivity index (χ0v) is 20.9. The predicted octanol–water partition coefficient (Wildman–Crippen LogP) is 5.90. The Kier molecular flexibility index (Phi) is 6.36. The van der Waals surface area contributed by atoms with Gasteiger partial charge in [-0.25, -0.2) is 0 Å². The SMILES string of the molecule is CCC(C(=O)Nc1ccc(Cl)cc1Cl)n1nnc2sc3c(c2c1=O)CCC(C(C)(C)C)C3. The standard InChI is InChI=1S/C23H26Cl2N4O2S/c1-5-17(20(30)26-16-9-7-13(24)11-15(16)25)29-22(31)19-14-8-6-12(23(2,3)4)10-18(14)32-21(19)27-28-29/h7,9,11-12,17H,5-6,8,10H2,1-4H3,(H,26,30). The van der Waals surface area contributed by atoms with Crippen LogP contribution in [0.3, 0.4) is 0 Å². The van der Waals surface area contributed by atoms with Crippen LogP contribution in [-0.2, 0) is 17.6 Å². The van der Waals surface area contributed by atoms with Crippen molar-refractivity contribution in [2.75, 3.05) is 5.32 Å². The quantitative estimate of drug-likeness (QED) is 0.491. The molecule has 2 heterocycles. The molecular formula is C23H26Cl2N4O2S. The van der Waals surface area contributed by atoms with Crippen molar-refractivity contribution >= 4 is 56.3 Å². The predicted molar refractivity (Wildman–Crippen MR) is 131 cm³/mol. The molecule has 0 saturated carbocycles. The van der Waals surface area contributed by atoms with Crippen molar-refractivity contribution in [3.05, 3.63) is 49.0 Å². The third-order valence-corrected chi connectivity index (χ3v) is 7.99. The van der Waals surface area contributed by atoms with E-state index in [1.54, 1.807) is 29.5 Å². The zero-order valence-electron chi connectivity index (χ0n) is 18.5. The highest BCUT2D eigenvalue weighted by Crippen LogP contribution is 2.42. The van der Waals surface area contributed by atoms with Crippen LogP contribution in [0.25, 0.3) is 10.2 Å². The summed E-state index contributed by atoms with van der Waals surface area (Å²) in [6.07, 6.45) is 3.22. The van der Waals surface area contributed by atoms with Crippen LogP contribution in [0.1, 0.15) is 57.0 Å². The van der Waals surface area contributed by atoms with Gasteiger partial charge in [0, 0.05) is 9.90 Å². The van der Waals surface area contributed by atoms with E-state index in [0.29, 0.717) is 38.3 Å². The number of hydrogen-bond acceptors (Lipinski definition) is 5. The number of aryl methyl sites for hydroxylation is 1. The molecule has 0 saturated heterocycles. The van der Waals surface area contributed by atoms with Gasteiger partial charge >= 0.3 is 0 Å². The van der Waals surface area contributed by atoms with E-state index >= 15 is 0 Å². The maximum absolute atomic E-state index is 13.5. The molecule has 1 aromatic carbocycles. The number of nitrogens with one attached hydrogen (secondary N) is 1. The molecule has 1 aliphatic rings. The van der Waals surface area contributed by atoms with Crippen molar-refractivity contribution in [1.29, 1.82) is 0 Å². The number of rotatable bonds is 4. The molecule has 0 spiro atoms. The highest BCUT2D eigenvalue weighted by molar-refractivity contribution is 7.18. The summed E-state index contributed by atoms with van der Waals surface area (Å²) in [6, 6.07) is 4.03. The first kappa shape index (κ1) is 23.2. The Morgan fingerprint density at radius 2 is 2.09 bits per heavy atom. The van der Waals surface area contributed by atoms with Crippen molar-refractivity contribution < 1.29 is 4.79 Å². The molecule has 170 valence electrons. The molecule has 9 heteroatoms. The van der Waals surface area contributed by atoms with E-state index in [2.05, 4.69) is 36.4 Å². The largest absolute Gasteiger partial charge is 0.323 e. The Hall–Kier alpha value is -1.96. The molecule has 1 amide bonds. The van der Waals surface area contributed by atoms with Crippen LogP contribution in [0.2, 0.25) is 10.0 Å². The molecular weight excluding hydrogens is 467 g/mol. The summed E-state index contributed by atoms with van der Waals surface area (Å²) < 4.78 is 1.21. The maximum atomic E-state index is 13.5. The van der Waals surface area contributed by atoms with Crippen LogP contribution >= 0.6 is 34.5 Å². The van der Waals surface area contributed by atoms with Crippen molar-refractivity contribution in [1.82, 2.24) is 15.0 Å². The monoisotopic (exact) mass is 492 g/mol. The van der Waals surface area contributed by atoms with Crippen molar-refractivity contribution in [2.24, 2.45) is 11.3 Å². The number of thiophene rings is 1. The number of carbonyl (C=O) groups excluding carboxylic acids is 1. The van der Waals surface area contributed by atoms with E-state index in [1.165, 1.54) is 9.56 Å². The molecule has 1 aliphatic carbocycles. The first-order chi connectivity index (χ1) is 15.1. The molecule has 0 aliphatic heterocycles. The van der Waals surface area contributed by atoms with Crippen LogP contribution in [0.15, 0.2) is 23.0 Å². The van der Waals surface area contributed by atoms with Gasteiger partial charge in [0.2, 0.25) is 5.91 Å². The first-order valence-corrected chi connectivity index (χ1v) is 12.3. The molecule has 2 atom stereocenters. The lowest BCUT2D eigenvalue weighted by Crippen LogP contribution is -2.35. The van der Waals surface area contributed by atoms with Gasteiger partial charge in [0.05, 0.1) is 16.1 Å². The summed E-state index contributed by atoms with van der Waals surface area (Å²) >= 11 is 13.7. The highest BCUT2D eigenvalue weighted by Gasteiger charge is 2.33. The summed E-state index contributed by atoms with van der Waals surface area (Å²) in [5.41, 5.74) is 1.47. The minimum Gasteiger partial charge on any atom is -0.323 e. The van der Waals surface area contributed by atoms with Crippen molar-refractivity contribution in [3.8, 4) is 0 Å². The third-order valence-electron chi connectivity index (χ3n) is 6.30. The zero-order chi connectivity index (χ0) is 23.2. The fourth-order valence-corrected chi connectivity index (χ4v) is 6.02. The minimum atomic E-state index is -0.799. The number of fused-ring (bicyclic) bond motifs is 3. The van der Waals surface area contributed by atoms with Crippen molar-refractivity contribution in [3.63, 3.8) is 0 Å². The number of amides is 1. The highest BCUT2D eigenvalue weighted by atomic mass is 35.5. The van der Waals surface area contributed by atoms with Gasteiger partial charge in [-0.2, -0.15) is 4.68 Å². The van der Waals surface area contributed by atoms with Gasteiger partial charge < -0.3 is 5.32 Å². The molecule has 2 unspecified atom stereocenters. The van der Waals surface area contributed by atoms with Crippen LogP contribution in [-0.4, -0.2) is 20.9 Å². The number of benzene rings is 1. The molecule has 3 aromatic rings. The number of aromatic nitrogens is 3. The number of hydrogen-bond donors (Lipinski definition) is 1. The van der Waals surface area contributed by atoms with E-state index < -0.39 is 6.04 Å². The molecule has 32 heavy (non-hydrogen) atoms. The lowest BCUT2D eigenvalue weighted by molar-refractivity contribution is -0.119. The Morgan fingerprint density at radius 1 is 1.34 bits per heavy atom. The molecule has 0 radical (unpaired) electrons. The minimum absolute atomic E-state index is 0.216. The maximum Gasteiger partial charge on any atom is 0.279 e. The van der Waals surface area contributed by atoms with Crippen LogP contribution in [0.4, 0.5) is 5.69 Å². The van der Waals surface area contributed by atoms with E-state index in [4.69, 9.17) is 23.2 Å². The summed E-state index contributed by atoms with van der Waals surface area (Å²) in [7, 11) is 0. The average Bonchev–Trinajstić information content (AvgIpc) is 3.10. The van der Waals surface area contributed by atoms with Gasteiger partial charge in [-0.1, -0.05) is 56.1 Å². The smallest absolute Gasteiger partial charge is 0.279 e. The molecule has 4 rings (SSSR count). The number of nitrogens with zero attached hydrogens (tertiary/aromatic N) is 3. The Morgan fingerprint density at radius 3 is 2.75 bits per heavy atom. The Labute approximate surface area is 200 Å². The van der Waals surface area contributed by atoms with Gasteiger partial charge in [0.25, 0.3) is 5.56 Å². The first-order valence-electron chi connectivity index (χ1n) is 10.8. The Bertz CT molecular complexity index is 1250. The average molecular weight is 493 g/mol. The lowest BCUT2D eigenvalue weighted by Gasteiger charge is -2.33. The van der Waals surface area contributed by atoms with Crippen LogP contribution in [0.5, 0.6) is 0 Å². The lowest BCUT2D eigenvalue weighted by atomic mass is 9.72. The van der Waals surface area contributed by atoms with E-state index in [0.717, 1.165) is 24.8 Å². The normalized spacial score (nSPS) is 17.2. The summed E-state index contributed by atoms with van der Waals surface area (Å²) in [4.78, 5) is 28.4. The van der Waals surface area contributed by atoms with Gasteiger partial charge in [-0.3, -0.25) is 9.59 Å². The Balaban J connectivity index is 1.68. The molecule has 2 aromatic heterocycles. The number of carbonyl (C=O) groups is 1. The van der Waals surface area contributed by atoms with E-state index in [9.17, 15) is 9.59 Å². The summed E-state index contributed by atoms with van der Waals surface area (Å²) in [5.74, 6) is 0.195. The van der Waals surface area contributed by atoms with Gasteiger partial charge in [-0.05, 0) is 60.8 Å². The van der Waals surface area contributed by atoms with E-state index in [-0.39, 0.29) is 16.9 Å². The number of halogens is 2. The van der Waals surface area contributed by atoms with Gasteiger partial charge in [0.15, 0.2) is 4.83 Å². The van der Waals surface area contributed by atoms with Crippen LogP contribution in [0, 0.1) is 11.3 Å². The molecule has 0 bridgehead atoms. The van der Waals surface area contributed by atoms with Crippen LogP contribution < -0.4 is 10.9 Å². The fraction of sp³-hybridized carbons (Fsp3) is 0.478. The van der Waals surface area contributed by atoms with E-state index in [1.807, 2.05) is 6.92 Å². The molecule has 0 fully saturated rings. The van der Waals surface area contributed by atoms with Crippen molar-refractivity contribution in [2.45, 2.75) is 59.4 Å².